The summed E-state index contributed by atoms with van der Waals surface area (Å²) in [6, 6.07) is 11.3. The molecule has 0 aliphatic heterocycles. The van der Waals surface area contributed by atoms with Crippen molar-refractivity contribution < 1.29 is 4.79 Å². The Balaban J connectivity index is 1.75. The van der Waals surface area contributed by atoms with E-state index in [9.17, 15) is 4.79 Å². The van der Waals surface area contributed by atoms with Gasteiger partial charge in [0.2, 0.25) is 5.91 Å². The molecule has 1 heterocycles. The fourth-order valence-electron chi connectivity index (χ4n) is 1.86. The predicted molar refractivity (Wildman–Crippen MR) is 93.1 cm³/mol. The summed E-state index contributed by atoms with van der Waals surface area (Å²) in [6.07, 6.45) is 0.454. The zero-order valence-corrected chi connectivity index (χ0v) is 14.8. The van der Waals surface area contributed by atoms with Crippen molar-refractivity contribution in [1.82, 2.24) is 4.90 Å². The van der Waals surface area contributed by atoms with Crippen LogP contribution in [-0.2, 0) is 11.3 Å². The first-order chi connectivity index (χ1) is 10.0. The molecule has 0 saturated heterocycles. The van der Waals surface area contributed by atoms with Gasteiger partial charge in [0.25, 0.3) is 0 Å². The molecule has 0 saturated carbocycles. The third-order valence-electron chi connectivity index (χ3n) is 2.88. The van der Waals surface area contributed by atoms with Gasteiger partial charge in [-0.05, 0) is 53.3 Å². The van der Waals surface area contributed by atoms with Crippen molar-refractivity contribution in [3.63, 3.8) is 0 Å². The number of nitrogens with zero attached hydrogens (tertiary/aromatic N) is 1. The summed E-state index contributed by atoms with van der Waals surface area (Å²) in [6.45, 7) is 1.56. The second-order valence-electron chi connectivity index (χ2n) is 4.75. The topological polar surface area (TPSA) is 32.3 Å². The first-order valence-electron chi connectivity index (χ1n) is 6.51. The Bertz CT molecular complexity index is 617. The van der Waals surface area contributed by atoms with Crippen LogP contribution in [0.25, 0.3) is 0 Å². The van der Waals surface area contributed by atoms with Crippen LogP contribution in [0.5, 0.6) is 0 Å². The van der Waals surface area contributed by atoms with Crippen LogP contribution in [0.1, 0.15) is 11.3 Å². The number of rotatable bonds is 6. The van der Waals surface area contributed by atoms with Crippen molar-refractivity contribution in [3.8, 4) is 0 Å². The minimum absolute atomic E-state index is 0.00326. The van der Waals surface area contributed by atoms with E-state index in [1.54, 1.807) is 23.5 Å². The first kappa shape index (κ1) is 16.5. The third-order valence-corrected chi connectivity index (χ3v) is 4.73. The van der Waals surface area contributed by atoms with Crippen molar-refractivity contribution in [2.24, 2.45) is 0 Å². The molecule has 1 aromatic carbocycles. The smallest absolute Gasteiger partial charge is 0.225 e. The Morgan fingerprint density at radius 3 is 2.86 bits per heavy atom. The Morgan fingerprint density at radius 1 is 1.38 bits per heavy atom. The molecule has 0 aliphatic carbocycles. The molecule has 0 spiro atoms. The number of hydrogen-bond acceptors (Lipinski definition) is 3. The second-order valence-corrected chi connectivity index (χ2v) is 7.74. The quantitative estimate of drug-likeness (QED) is 0.784. The van der Waals surface area contributed by atoms with Crippen LogP contribution in [0, 0.1) is 0 Å². The maximum atomic E-state index is 11.9. The molecule has 1 aromatic heterocycles. The third kappa shape index (κ3) is 5.79. The lowest BCUT2D eigenvalue weighted by Gasteiger charge is -2.15. The number of carbonyl (C=O) groups is 1. The molecule has 0 atom stereocenters. The molecule has 0 radical (unpaired) electrons. The van der Waals surface area contributed by atoms with Gasteiger partial charge in [-0.3, -0.25) is 4.79 Å². The van der Waals surface area contributed by atoms with E-state index < -0.39 is 0 Å². The van der Waals surface area contributed by atoms with Crippen LogP contribution in [0.4, 0.5) is 5.69 Å². The molecular weight excluding hydrogens is 372 g/mol. The lowest BCUT2D eigenvalue weighted by atomic mass is 10.3. The Morgan fingerprint density at radius 2 is 2.19 bits per heavy atom. The Labute approximate surface area is 142 Å². The monoisotopic (exact) mass is 386 g/mol. The summed E-state index contributed by atoms with van der Waals surface area (Å²) in [5, 5.41) is 3.47. The van der Waals surface area contributed by atoms with E-state index >= 15 is 0 Å². The van der Waals surface area contributed by atoms with Crippen molar-refractivity contribution in [1.29, 1.82) is 0 Å². The minimum Gasteiger partial charge on any atom is -0.326 e. The molecule has 3 nitrogen and oxygen atoms in total. The number of thiophene rings is 1. The minimum atomic E-state index is -0.00326. The standard InChI is InChI=1S/C15H16BrClN2OS/c1-19(10-13-5-6-14(16)21-13)8-7-15(20)18-12-4-2-3-11(17)9-12/h2-6,9H,7-8,10H2,1H3,(H,18,20). The molecule has 112 valence electrons. The summed E-state index contributed by atoms with van der Waals surface area (Å²) in [4.78, 5) is 15.3. The molecule has 21 heavy (non-hydrogen) atoms. The van der Waals surface area contributed by atoms with E-state index in [0.717, 1.165) is 16.0 Å². The van der Waals surface area contributed by atoms with Crippen molar-refractivity contribution in [3.05, 3.63) is 50.1 Å². The van der Waals surface area contributed by atoms with Gasteiger partial charge in [0.05, 0.1) is 3.79 Å². The molecule has 0 fully saturated rings. The van der Waals surface area contributed by atoms with Crippen LogP contribution in [0.15, 0.2) is 40.2 Å². The van der Waals surface area contributed by atoms with Crippen molar-refractivity contribution in [2.45, 2.75) is 13.0 Å². The highest BCUT2D eigenvalue weighted by Crippen LogP contribution is 2.23. The zero-order valence-electron chi connectivity index (χ0n) is 11.6. The number of hydrogen-bond donors (Lipinski definition) is 1. The van der Waals surface area contributed by atoms with E-state index in [0.29, 0.717) is 18.0 Å². The lowest BCUT2D eigenvalue weighted by Crippen LogP contribution is -2.23. The van der Waals surface area contributed by atoms with Crippen molar-refractivity contribution in [2.75, 3.05) is 18.9 Å². The number of anilines is 1. The van der Waals surface area contributed by atoms with Gasteiger partial charge in [0.15, 0.2) is 0 Å². The molecule has 1 amide bonds. The van der Waals surface area contributed by atoms with Gasteiger partial charge in [-0.15, -0.1) is 11.3 Å². The van der Waals surface area contributed by atoms with Crippen molar-refractivity contribution >= 4 is 50.5 Å². The number of benzene rings is 1. The van der Waals surface area contributed by atoms with E-state index in [1.807, 2.05) is 25.2 Å². The van der Waals surface area contributed by atoms with Gasteiger partial charge in [-0.1, -0.05) is 17.7 Å². The van der Waals surface area contributed by atoms with E-state index in [-0.39, 0.29) is 5.91 Å². The summed E-state index contributed by atoms with van der Waals surface area (Å²) in [7, 11) is 2.01. The SMILES string of the molecule is CN(CCC(=O)Nc1cccc(Cl)c1)Cc1ccc(Br)s1. The average molecular weight is 388 g/mol. The highest BCUT2D eigenvalue weighted by molar-refractivity contribution is 9.11. The highest BCUT2D eigenvalue weighted by atomic mass is 79.9. The second kappa shape index (κ2) is 7.94. The largest absolute Gasteiger partial charge is 0.326 e. The van der Waals surface area contributed by atoms with E-state index in [4.69, 9.17) is 11.6 Å². The highest BCUT2D eigenvalue weighted by Gasteiger charge is 2.07. The first-order valence-corrected chi connectivity index (χ1v) is 8.50. The normalized spacial score (nSPS) is 10.9. The van der Waals surface area contributed by atoms with Crippen LogP contribution in [-0.4, -0.2) is 24.4 Å². The van der Waals surface area contributed by atoms with Crippen LogP contribution < -0.4 is 5.32 Å². The lowest BCUT2D eigenvalue weighted by molar-refractivity contribution is -0.116. The van der Waals surface area contributed by atoms with Crippen LogP contribution in [0.2, 0.25) is 5.02 Å². The molecule has 1 N–H and O–H groups in total. The molecule has 0 aliphatic rings. The molecular formula is C15H16BrClN2OS. The molecule has 2 aromatic rings. The number of carbonyl (C=O) groups excluding carboxylic acids is 1. The maximum absolute atomic E-state index is 11.9. The summed E-state index contributed by atoms with van der Waals surface area (Å²) in [5.41, 5.74) is 0.734. The Kier molecular flexibility index (Phi) is 6.23. The Hall–Kier alpha value is -0.880. The van der Waals surface area contributed by atoms with Gasteiger partial charge in [0.1, 0.15) is 0 Å². The van der Waals surface area contributed by atoms with Gasteiger partial charge < -0.3 is 10.2 Å². The van der Waals surface area contributed by atoms with Gasteiger partial charge in [-0.2, -0.15) is 0 Å². The van der Waals surface area contributed by atoms with Crippen LogP contribution >= 0.6 is 38.9 Å². The number of halogens is 2. The molecule has 6 heteroatoms. The maximum Gasteiger partial charge on any atom is 0.225 e. The van der Waals surface area contributed by atoms with Gasteiger partial charge in [-0.25, -0.2) is 0 Å². The fraction of sp³-hybridized carbons (Fsp3) is 0.267. The number of amides is 1. The number of nitrogens with one attached hydrogen (secondary N) is 1. The summed E-state index contributed by atoms with van der Waals surface area (Å²) < 4.78 is 1.13. The van der Waals surface area contributed by atoms with Crippen LogP contribution in [0.3, 0.4) is 0 Å². The zero-order chi connectivity index (χ0) is 15.2. The van der Waals surface area contributed by atoms with Gasteiger partial charge >= 0.3 is 0 Å². The van der Waals surface area contributed by atoms with E-state index in [1.165, 1.54) is 4.88 Å². The fourth-order valence-corrected chi connectivity index (χ4v) is 3.62. The predicted octanol–water partition coefficient (Wildman–Crippen LogP) is 4.62. The summed E-state index contributed by atoms with van der Waals surface area (Å²) >= 11 is 11.1. The van der Waals surface area contributed by atoms with Gasteiger partial charge in [0, 0.05) is 35.1 Å². The molecule has 0 unspecified atom stereocenters. The molecule has 0 bridgehead atoms. The van der Waals surface area contributed by atoms with E-state index in [2.05, 4.69) is 32.2 Å². The summed E-state index contributed by atoms with van der Waals surface area (Å²) in [5.74, 6) is -0.00326. The average Bonchev–Trinajstić information content (AvgIpc) is 2.82. The molecule has 2 rings (SSSR count).